The van der Waals surface area contributed by atoms with E-state index >= 15 is 0 Å². The van der Waals surface area contributed by atoms with E-state index in [1.165, 1.54) is 11.1 Å². The molecule has 5 nitrogen and oxygen atoms in total. The fourth-order valence-electron chi connectivity index (χ4n) is 2.84. The first kappa shape index (κ1) is 19.7. The number of nitrogens with one attached hydrogen (secondary N) is 2. The van der Waals surface area contributed by atoms with Gasteiger partial charge < -0.3 is 20.1 Å². The Morgan fingerprint density at radius 3 is 2.80 bits per heavy atom. The van der Waals surface area contributed by atoms with Crippen LogP contribution in [0.3, 0.4) is 0 Å². The smallest absolute Gasteiger partial charge is 0.191 e. The SMILES string of the molecule is CCNC(=NCc1ccccc1C)NCCCOCC1CCOCC1. The molecule has 1 fully saturated rings. The lowest BCUT2D eigenvalue weighted by molar-refractivity contribution is 0.0203. The van der Waals surface area contributed by atoms with Gasteiger partial charge in [0, 0.05) is 39.5 Å². The van der Waals surface area contributed by atoms with Crippen molar-refractivity contribution in [3.05, 3.63) is 35.4 Å². The Labute approximate surface area is 152 Å². The van der Waals surface area contributed by atoms with E-state index in [1.54, 1.807) is 0 Å². The number of aliphatic imine (C=N–C) groups is 1. The van der Waals surface area contributed by atoms with E-state index in [4.69, 9.17) is 9.47 Å². The lowest BCUT2D eigenvalue weighted by Crippen LogP contribution is -2.38. The second kappa shape index (κ2) is 11.9. The molecule has 0 aromatic heterocycles. The zero-order valence-electron chi connectivity index (χ0n) is 15.7. The largest absolute Gasteiger partial charge is 0.381 e. The molecule has 0 atom stereocenters. The Hall–Kier alpha value is -1.59. The molecule has 140 valence electrons. The van der Waals surface area contributed by atoms with Crippen LogP contribution >= 0.6 is 0 Å². The minimum atomic E-state index is 0.676. The third-order valence-corrected chi connectivity index (χ3v) is 4.47. The van der Waals surface area contributed by atoms with Crippen LogP contribution in [0, 0.1) is 12.8 Å². The number of hydrogen-bond donors (Lipinski definition) is 2. The van der Waals surface area contributed by atoms with Gasteiger partial charge in [0.2, 0.25) is 0 Å². The van der Waals surface area contributed by atoms with Crippen LogP contribution in [-0.4, -0.2) is 45.5 Å². The summed E-state index contributed by atoms with van der Waals surface area (Å²) >= 11 is 0. The molecule has 0 bridgehead atoms. The first-order chi connectivity index (χ1) is 12.3. The molecule has 1 aromatic rings. The molecule has 5 heteroatoms. The molecular weight excluding hydrogens is 314 g/mol. The van der Waals surface area contributed by atoms with E-state index < -0.39 is 0 Å². The van der Waals surface area contributed by atoms with E-state index in [-0.39, 0.29) is 0 Å². The van der Waals surface area contributed by atoms with Crippen LogP contribution in [0.4, 0.5) is 0 Å². The summed E-state index contributed by atoms with van der Waals surface area (Å²) < 4.78 is 11.2. The van der Waals surface area contributed by atoms with Crippen molar-refractivity contribution in [1.82, 2.24) is 10.6 Å². The molecule has 2 N–H and O–H groups in total. The standard InChI is InChI=1S/C20H33N3O2/c1-3-21-20(23-15-19-8-5-4-7-17(19)2)22-11-6-12-25-16-18-9-13-24-14-10-18/h4-5,7-8,18H,3,6,9-16H2,1-2H3,(H2,21,22,23). The zero-order valence-corrected chi connectivity index (χ0v) is 15.7. The highest BCUT2D eigenvalue weighted by molar-refractivity contribution is 5.79. The fraction of sp³-hybridized carbons (Fsp3) is 0.650. The number of ether oxygens (including phenoxy) is 2. The van der Waals surface area contributed by atoms with Crippen molar-refractivity contribution >= 4 is 5.96 Å². The summed E-state index contributed by atoms with van der Waals surface area (Å²) in [6.07, 6.45) is 3.25. The molecule has 0 saturated carbocycles. The Balaban J connectivity index is 1.63. The number of aryl methyl sites for hydroxylation is 1. The van der Waals surface area contributed by atoms with Crippen LogP contribution in [0.1, 0.15) is 37.3 Å². The van der Waals surface area contributed by atoms with Crippen molar-refractivity contribution in [2.45, 2.75) is 39.7 Å². The maximum Gasteiger partial charge on any atom is 0.191 e. The normalized spacial score (nSPS) is 16.0. The highest BCUT2D eigenvalue weighted by Crippen LogP contribution is 2.14. The Morgan fingerprint density at radius 1 is 1.24 bits per heavy atom. The molecule has 0 radical (unpaired) electrons. The molecular formula is C20H33N3O2. The van der Waals surface area contributed by atoms with Crippen molar-refractivity contribution < 1.29 is 9.47 Å². The van der Waals surface area contributed by atoms with Crippen molar-refractivity contribution in [3.63, 3.8) is 0 Å². The second-order valence-electron chi connectivity index (χ2n) is 6.53. The van der Waals surface area contributed by atoms with Gasteiger partial charge in [0.05, 0.1) is 6.54 Å². The van der Waals surface area contributed by atoms with E-state index in [9.17, 15) is 0 Å². The van der Waals surface area contributed by atoms with Crippen molar-refractivity contribution in [2.24, 2.45) is 10.9 Å². The Bertz CT molecular complexity index is 513. The topological polar surface area (TPSA) is 54.9 Å². The third-order valence-electron chi connectivity index (χ3n) is 4.47. The summed E-state index contributed by atoms with van der Waals surface area (Å²) in [6.45, 7) is 10.1. The van der Waals surface area contributed by atoms with Crippen LogP contribution < -0.4 is 10.6 Å². The summed E-state index contributed by atoms with van der Waals surface area (Å²) in [6, 6.07) is 8.38. The van der Waals surface area contributed by atoms with Crippen molar-refractivity contribution in [1.29, 1.82) is 0 Å². The predicted octanol–water partition coefficient (Wildman–Crippen LogP) is 2.88. The summed E-state index contributed by atoms with van der Waals surface area (Å²) in [5.74, 6) is 1.55. The number of nitrogens with zero attached hydrogens (tertiary/aromatic N) is 1. The Morgan fingerprint density at radius 2 is 2.04 bits per heavy atom. The third kappa shape index (κ3) is 7.88. The monoisotopic (exact) mass is 347 g/mol. The summed E-state index contributed by atoms with van der Waals surface area (Å²) in [5, 5.41) is 6.69. The Kier molecular flexibility index (Phi) is 9.37. The van der Waals surface area contributed by atoms with Gasteiger partial charge in [0.25, 0.3) is 0 Å². The van der Waals surface area contributed by atoms with Crippen LogP contribution in [0.25, 0.3) is 0 Å². The highest BCUT2D eigenvalue weighted by Gasteiger charge is 2.13. The van der Waals surface area contributed by atoms with Gasteiger partial charge in [-0.05, 0) is 50.2 Å². The van der Waals surface area contributed by atoms with Gasteiger partial charge in [-0.3, -0.25) is 0 Å². The van der Waals surface area contributed by atoms with Crippen molar-refractivity contribution in [2.75, 3.05) is 39.5 Å². The molecule has 2 rings (SSSR count). The van der Waals surface area contributed by atoms with Crippen LogP contribution in [0.15, 0.2) is 29.3 Å². The maximum absolute atomic E-state index is 5.80. The fourth-order valence-corrected chi connectivity index (χ4v) is 2.84. The predicted molar refractivity (Wildman–Crippen MR) is 103 cm³/mol. The van der Waals surface area contributed by atoms with Gasteiger partial charge in [0.1, 0.15) is 0 Å². The minimum Gasteiger partial charge on any atom is -0.381 e. The van der Waals surface area contributed by atoms with Crippen LogP contribution in [0.2, 0.25) is 0 Å². The second-order valence-corrected chi connectivity index (χ2v) is 6.53. The van der Waals surface area contributed by atoms with Gasteiger partial charge in [-0.15, -0.1) is 0 Å². The lowest BCUT2D eigenvalue weighted by Gasteiger charge is -2.21. The maximum atomic E-state index is 5.80. The molecule has 1 aliphatic rings. The van der Waals surface area contributed by atoms with E-state index in [2.05, 4.69) is 53.7 Å². The van der Waals surface area contributed by atoms with E-state index in [0.29, 0.717) is 12.5 Å². The number of hydrogen-bond acceptors (Lipinski definition) is 3. The number of guanidine groups is 1. The first-order valence-corrected chi connectivity index (χ1v) is 9.51. The zero-order chi connectivity index (χ0) is 17.7. The van der Waals surface area contributed by atoms with Gasteiger partial charge in [-0.25, -0.2) is 4.99 Å². The van der Waals surface area contributed by atoms with E-state index in [1.807, 2.05) is 0 Å². The quantitative estimate of drug-likeness (QED) is 0.410. The molecule has 0 spiro atoms. The summed E-state index contributed by atoms with van der Waals surface area (Å²) in [4.78, 5) is 4.68. The van der Waals surface area contributed by atoms with E-state index in [0.717, 1.165) is 64.7 Å². The summed E-state index contributed by atoms with van der Waals surface area (Å²) in [5.41, 5.74) is 2.54. The lowest BCUT2D eigenvalue weighted by atomic mass is 10.0. The molecule has 0 amide bonds. The molecule has 25 heavy (non-hydrogen) atoms. The summed E-state index contributed by atoms with van der Waals surface area (Å²) in [7, 11) is 0. The highest BCUT2D eigenvalue weighted by atomic mass is 16.5. The van der Waals surface area contributed by atoms with Gasteiger partial charge >= 0.3 is 0 Å². The molecule has 1 saturated heterocycles. The molecule has 0 unspecified atom stereocenters. The molecule has 0 aliphatic carbocycles. The molecule has 1 aromatic carbocycles. The average molecular weight is 348 g/mol. The van der Waals surface area contributed by atoms with Crippen LogP contribution in [0.5, 0.6) is 0 Å². The van der Waals surface area contributed by atoms with Gasteiger partial charge in [0.15, 0.2) is 5.96 Å². The van der Waals surface area contributed by atoms with Crippen molar-refractivity contribution in [3.8, 4) is 0 Å². The molecule has 1 aliphatic heterocycles. The number of benzene rings is 1. The van der Waals surface area contributed by atoms with Crippen LogP contribution in [-0.2, 0) is 16.0 Å². The first-order valence-electron chi connectivity index (χ1n) is 9.51. The average Bonchev–Trinajstić information content (AvgIpc) is 2.64. The van der Waals surface area contributed by atoms with Gasteiger partial charge in [-0.1, -0.05) is 24.3 Å². The minimum absolute atomic E-state index is 0.676. The van der Waals surface area contributed by atoms with Gasteiger partial charge in [-0.2, -0.15) is 0 Å². The number of rotatable bonds is 9. The molecule has 1 heterocycles.